The zero-order chi connectivity index (χ0) is 15.3. The van der Waals surface area contributed by atoms with Gasteiger partial charge in [0.25, 0.3) is 0 Å². The van der Waals surface area contributed by atoms with Crippen molar-refractivity contribution in [3.63, 3.8) is 0 Å². The molecule has 0 aromatic heterocycles. The highest BCUT2D eigenvalue weighted by atomic mass is 32.2. The molecule has 0 amide bonds. The van der Waals surface area contributed by atoms with Crippen LogP contribution in [-0.2, 0) is 21.3 Å². The van der Waals surface area contributed by atoms with Crippen LogP contribution in [0.5, 0.6) is 5.75 Å². The van der Waals surface area contributed by atoms with E-state index in [1.54, 1.807) is 18.2 Å². The minimum atomic E-state index is -3.59. The Labute approximate surface area is 125 Å². The van der Waals surface area contributed by atoms with Crippen LogP contribution in [0.15, 0.2) is 23.1 Å². The van der Waals surface area contributed by atoms with E-state index in [0.29, 0.717) is 38.3 Å². The van der Waals surface area contributed by atoms with Gasteiger partial charge in [0.15, 0.2) is 0 Å². The van der Waals surface area contributed by atoms with Crippen molar-refractivity contribution in [2.45, 2.75) is 30.3 Å². The maximum Gasteiger partial charge on any atom is 0.244 e. The molecule has 6 nitrogen and oxygen atoms in total. The maximum absolute atomic E-state index is 12.5. The van der Waals surface area contributed by atoms with Crippen LogP contribution in [0.4, 0.5) is 0 Å². The average Bonchev–Trinajstić information content (AvgIpc) is 2.48. The third kappa shape index (κ3) is 4.16. The van der Waals surface area contributed by atoms with E-state index >= 15 is 0 Å². The molecule has 0 saturated carbocycles. The quantitative estimate of drug-likeness (QED) is 0.815. The zero-order valence-electron chi connectivity index (χ0n) is 12.4. The lowest BCUT2D eigenvalue weighted by Crippen LogP contribution is -2.38. The Morgan fingerprint density at radius 3 is 2.67 bits per heavy atom. The number of rotatable bonds is 6. The van der Waals surface area contributed by atoms with E-state index in [1.165, 1.54) is 7.11 Å². The Morgan fingerprint density at radius 1 is 1.33 bits per heavy atom. The van der Waals surface area contributed by atoms with Gasteiger partial charge in [0.05, 0.1) is 7.11 Å². The molecular formula is C14H22N2O4S. The first-order chi connectivity index (χ1) is 10.1. The molecule has 118 valence electrons. The number of hydrogen-bond donors (Lipinski definition) is 2. The fraction of sp³-hybridized carbons (Fsp3) is 0.571. The van der Waals surface area contributed by atoms with E-state index in [2.05, 4.69) is 10.0 Å². The van der Waals surface area contributed by atoms with E-state index in [9.17, 15) is 8.42 Å². The molecule has 1 aromatic carbocycles. The number of methoxy groups -OCH3 is 1. The third-order valence-electron chi connectivity index (χ3n) is 3.44. The Bertz CT molecular complexity index is 568. The molecule has 2 N–H and O–H groups in total. The summed E-state index contributed by atoms with van der Waals surface area (Å²) in [4.78, 5) is 0.177. The molecule has 0 aliphatic carbocycles. The van der Waals surface area contributed by atoms with Gasteiger partial charge in [-0.05, 0) is 37.6 Å². The fourth-order valence-corrected chi connectivity index (χ4v) is 3.80. The highest BCUT2D eigenvalue weighted by Crippen LogP contribution is 2.25. The lowest BCUT2D eigenvalue weighted by Gasteiger charge is -2.23. The number of nitrogens with one attached hydrogen (secondary N) is 2. The molecular weight excluding hydrogens is 292 g/mol. The van der Waals surface area contributed by atoms with Crippen LogP contribution >= 0.6 is 0 Å². The van der Waals surface area contributed by atoms with Gasteiger partial charge in [0.2, 0.25) is 10.0 Å². The Hall–Kier alpha value is -1.15. The minimum absolute atomic E-state index is 0.0783. The molecule has 0 bridgehead atoms. The van der Waals surface area contributed by atoms with Crippen LogP contribution in [0, 0.1) is 0 Å². The second kappa shape index (κ2) is 7.22. The lowest BCUT2D eigenvalue weighted by molar-refractivity contribution is 0.0832. The van der Waals surface area contributed by atoms with Crippen molar-refractivity contribution < 1.29 is 17.9 Å². The summed E-state index contributed by atoms with van der Waals surface area (Å²) in [7, 11) is -0.270. The molecule has 1 heterocycles. The topological polar surface area (TPSA) is 76.7 Å². The second-order valence-corrected chi connectivity index (χ2v) is 6.71. The predicted octanol–water partition coefficient (Wildman–Crippen LogP) is 0.872. The van der Waals surface area contributed by atoms with Gasteiger partial charge in [-0.25, -0.2) is 13.1 Å². The summed E-state index contributed by atoms with van der Waals surface area (Å²) in [6.07, 6.45) is 1.39. The number of benzene rings is 1. The van der Waals surface area contributed by atoms with E-state index in [0.717, 1.165) is 5.56 Å². The molecule has 0 unspecified atom stereocenters. The van der Waals surface area contributed by atoms with Gasteiger partial charge in [0, 0.05) is 25.8 Å². The van der Waals surface area contributed by atoms with Crippen LogP contribution in [0.25, 0.3) is 0 Å². The van der Waals surface area contributed by atoms with Crippen LogP contribution in [0.2, 0.25) is 0 Å². The smallest absolute Gasteiger partial charge is 0.244 e. The number of hydrogen-bond acceptors (Lipinski definition) is 5. The summed E-state index contributed by atoms with van der Waals surface area (Å²) >= 11 is 0. The predicted molar refractivity (Wildman–Crippen MR) is 79.9 cm³/mol. The molecule has 1 aromatic rings. The summed E-state index contributed by atoms with van der Waals surface area (Å²) < 4.78 is 38.2. The Balaban J connectivity index is 2.21. The lowest BCUT2D eigenvalue weighted by atomic mass is 10.1. The molecule has 21 heavy (non-hydrogen) atoms. The third-order valence-corrected chi connectivity index (χ3v) is 5.00. The van der Waals surface area contributed by atoms with E-state index in [4.69, 9.17) is 9.47 Å². The molecule has 0 atom stereocenters. The van der Waals surface area contributed by atoms with Crippen molar-refractivity contribution >= 4 is 10.0 Å². The Kier molecular flexibility index (Phi) is 5.58. The van der Waals surface area contributed by atoms with E-state index in [-0.39, 0.29) is 10.9 Å². The summed E-state index contributed by atoms with van der Waals surface area (Å²) in [5.41, 5.74) is 0.972. The molecule has 0 spiro atoms. The molecule has 1 aliphatic rings. The first-order valence-electron chi connectivity index (χ1n) is 6.98. The highest BCUT2D eigenvalue weighted by molar-refractivity contribution is 7.89. The monoisotopic (exact) mass is 314 g/mol. The van der Waals surface area contributed by atoms with Gasteiger partial charge in [-0.3, -0.25) is 0 Å². The van der Waals surface area contributed by atoms with Crippen molar-refractivity contribution in [3.05, 3.63) is 23.8 Å². The standard InChI is InChI=1S/C14H22N2O4S/c1-15-10-11-3-4-14(13(9-11)19-2)21(17,18)16-12-5-7-20-8-6-12/h3-4,9,12,15-16H,5-8,10H2,1-2H3. The van der Waals surface area contributed by atoms with Gasteiger partial charge < -0.3 is 14.8 Å². The molecule has 1 fully saturated rings. The van der Waals surface area contributed by atoms with Gasteiger partial charge in [-0.2, -0.15) is 0 Å². The van der Waals surface area contributed by atoms with Crippen LogP contribution < -0.4 is 14.8 Å². The zero-order valence-corrected chi connectivity index (χ0v) is 13.2. The van der Waals surface area contributed by atoms with Crippen LogP contribution in [0.3, 0.4) is 0 Å². The molecule has 1 aliphatic heterocycles. The van der Waals surface area contributed by atoms with Crippen molar-refractivity contribution in [2.75, 3.05) is 27.4 Å². The van der Waals surface area contributed by atoms with Crippen molar-refractivity contribution in [1.82, 2.24) is 10.0 Å². The normalized spacial score (nSPS) is 16.9. The minimum Gasteiger partial charge on any atom is -0.495 e. The maximum atomic E-state index is 12.5. The van der Waals surface area contributed by atoms with Gasteiger partial charge >= 0.3 is 0 Å². The molecule has 1 saturated heterocycles. The van der Waals surface area contributed by atoms with Crippen molar-refractivity contribution in [3.8, 4) is 5.75 Å². The Morgan fingerprint density at radius 2 is 2.05 bits per heavy atom. The largest absolute Gasteiger partial charge is 0.495 e. The highest BCUT2D eigenvalue weighted by Gasteiger charge is 2.25. The van der Waals surface area contributed by atoms with Crippen LogP contribution in [0.1, 0.15) is 18.4 Å². The van der Waals surface area contributed by atoms with Crippen molar-refractivity contribution in [2.24, 2.45) is 0 Å². The fourth-order valence-electron chi connectivity index (χ4n) is 2.35. The van der Waals surface area contributed by atoms with Gasteiger partial charge in [-0.15, -0.1) is 0 Å². The number of ether oxygens (including phenoxy) is 2. The second-order valence-electron chi connectivity index (χ2n) is 5.02. The molecule has 7 heteroatoms. The van der Waals surface area contributed by atoms with E-state index in [1.807, 2.05) is 7.05 Å². The summed E-state index contributed by atoms with van der Waals surface area (Å²) in [6.45, 7) is 1.83. The summed E-state index contributed by atoms with van der Waals surface area (Å²) in [5.74, 6) is 0.363. The van der Waals surface area contributed by atoms with E-state index < -0.39 is 10.0 Å². The SMILES string of the molecule is CNCc1ccc(S(=O)(=O)NC2CCOCC2)c(OC)c1. The number of sulfonamides is 1. The molecule has 0 radical (unpaired) electrons. The summed E-state index contributed by atoms with van der Waals surface area (Å²) in [5, 5.41) is 3.02. The average molecular weight is 314 g/mol. The summed E-state index contributed by atoms with van der Waals surface area (Å²) in [6, 6.07) is 5.05. The van der Waals surface area contributed by atoms with Crippen molar-refractivity contribution in [1.29, 1.82) is 0 Å². The van der Waals surface area contributed by atoms with Gasteiger partial charge in [0.1, 0.15) is 10.6 Å². The first-order valence-corrected chi connectivity index (χ1v) is 8.46. The first kappa shape index (κ1) is 16.2. The van der Waals surface area contributed by atoms with Crippen LogP contribution in [-0.4, -0.2) is 41.8 Å². The molecule has 2 rings (SSSR count). The van der Waals surface area contributed by atoms with Gasteiger partial charge in [-0.1, -0.05) is 6.07 Å².